The van der Waals surface area contributed by atoms with Crippen LogP contribution in [0.15, 0.2) is 28.8 Å². The topological polar surface area (TPSA) is 57.4 Å². The molecular weight excluding hydrogens is 456 g/mol. The first kappa shape index (κ1) is 23.2. The van der Waals surface area contributed by atoms with E-state index in [9.17, 15) is 13.2 Å². The Morgan fingerprint density at radius 3 is 1.97 bits per heavy atom. The Morgan fingerprint density at radius 2 is 1.45 bits per heavy atom. The van der Waals surface area contributed by atoms with Gasteiger partial charge in [0.25, 0.3) is 0 Å². The lowest BCUT2D eigenvalue weighted by Gasteiger charge is -2.14. The van der Waals surface area contributed by atoms with Crippen LogP contribution in [0.2, 0.25) is 10.0 Å². The Kier molecular flexibility index (Phi) is 7.01. The number of alkyl halides is 3. The van der Waals surface area contributed by atoms with Crippen molar-refractivity contribution < 1.29 is 27.2 Å². The molecule has 10 heteroatoms. The Hall–Kier alpha value is -2.45. The number of halogens is 5. The van der Waals surface area contributed by atoms with E-state index in [1.165, 1.54) is 0 Å². The van der Waals surface area contributed by atoms with Gasteiger partial charge in [-0.1, -0.05) is 28.4 Å². The van der Waals surface area contributed by atoms with E-state index >= 15 is 0 Å². The number of rotatable bonds is 7. The van der Waals surface area contributed by atoms with Crippen molar-refractivity contribution in [2.45, 2.75) is 33.4 Å². The minimum Gasteiger partial charge on any atom is -0.493 e. The molecule has 0 radical (unpaired) electrons. The van der Waals surface area contributed by atoms with Gasteiger partial charge in [-0.3, -0.25) is 0 Å². The minimum atomic E-state index is -4.69. The van der Waals surface area contributed by atoms with Crippen LogP contribution in [0.1, 0.15) is 29.0 Å². The lowest BCUT2D eigenvalue weighted by Crippen LogP contribution is -2.07. The molecule has 1 aromatic heterocycles. The average molecular weight is 475 g/mol. The summed E-state index contributed by atoms with van der Waals surface area (Å²) in [6.45, 7) is 6.18. The first-order valence-electron chi connectivity index (χ1n) is 9.30. The fourth-order valence-corrected chi connectivity index (χ4v) is 3.70. The van der Waals surface area contributed by atoms with Crippen molar-refractivity contribution in [3.63, 3.8) is 0 Å². The van der Waals surface area contributed by atoms with Gasteiger partial charge in [0, 0.05) is 12.0 Å². The molecule has 5 nitrogen and oxygen atoms in total. The van der Waals surface area contributed by atoms with Crippen LogP contribution in [0.5, 0.6) is 11.5 Å². The maximum absolute atomic E-state index is 12.7. The molecule has 3 aromatic rings. The summed E-state index contributed by atoms with van der Waals surface area (Å²) < 4.78 is 53.8. The predicted octanol–water partition coefficient (Wildman–Crippen LogP) is 6.84. The normalized spacial score (nSPS) is 11.6. The second-order valence-corrected chi connectivity index (χ2v) is 7.78. The average Bonchev–Trinajstić information content (AvgIpc) is 3.15. The van der Waals surface area contributed by atoms with E-state index in [1.807, 2.05) is 6.92 Å². The predicted molar refractivity (Wildman–Crippen MR) is 111 cm³/mol. The van der Waals surface area contributed by atoms with Crippen LogP contribution < -0.4 is 9.47 Å². The SMILES string of the molecule is Cc1cc(Cl)c(OCCCOc2c(C)cc(-c3noc(C(F)(F)F)n3)cc2C)c(Cl)c1. The van der Waals surface area contributed by atoms with Crippen LogP contribution in [-0.4, -0.2) is 23.4 Å². The minimum absolute atomic E-state index is 0.134. The zero-order valence-corrected chi connectivity index (χ0v) is 18.5. The molecule has 31 heavy (non-hydrogen) atoms. The van der Waals surface area contributed by atoms with Crippen molar-refractivity contribution in [1.82, 2.24) is 10.1 Å². The molecule has 0 aliphatic heterocycles. The largest absolute Gasteiger partial charge is 0.493 e. The van der Waals surface area contributed by atoms with Crippen molar-refractivity contribution in [2.24, 2.45) is 0 Å². The number of aromatic nitrogens is 2. The molecule has 0 bridgehead atoms. The van der Waals surface area contributed by atoms with Crippen molar-refractivity contribution in [1.29, 1.82) is 0 Å². The van der Waals surface area contributed by atoms with Crippen LogP contribution in [-0.2, 0) is 6.18 Å². The van der Waals surface area contributed by atoms with Gasteiger partial charge in [-0.05, 0) is 61.7 Å². The van der Waals surface area contributed by atoms with Crippen molar-refractivity contribution in [3.05, 3.63) is 56.9 Å². The van der Waals surface area contributed by atoms with E-state index in [0.717, 1.165) is 16.7 Å². The van der Waals surface area contributed by atoms with Crippen molar-refractivity contribution in [2.75, 3.05) is 13.2 Å². The number of benzene rings is 2. The van der Waals surface area contributed by atoms with Gasteiger partial charge in [0.2, 0.25) is 5.82 Å². The van der Waals surface area contributed by atoms with E-state index in [1.54, 1.807) is 38.1 Å². The molecule has 0 saturated heterocycles. The summed E-state index contributed by atoms with van der Waals surface area (Å²) in [6, 6.07) is 6.84. The molecule has 0 unspecified atom stereocenters. The van der Waals surface area contributed by atoms with E-state index < -0.39 is 12.1 Å². The number of hydrogen-bond acceptors (Lipinski definition) is 5. The van der Waals surface area contributed by atoms with Gasteiger partial charge in [0.05, 0.1) is 23.3 Å². The first-order valence-corrected chi connectivity index (χ1v) is 10.1. The number of hydrogen-bond donors (Lipinski definition) is 0. The summed E-state index contributed by atoms with van der Waals surface area (Å²) in [5.41, 5.74) is 2.82. The van der Waals surface area contributed by atoms with Gasteiger partial charge in [-0.15, -0.1) is 0 Å². The lowest BCUT2D eigenvalue weighted by atomic mass is 10.1. The summed E-state index contributed by atoms with van der Waals surface area (Å²) in [4.78, 5) is 3.42. The van der Waals surface area contributed by atoms with Gasteiger partial charge >= 0.3 is 12.1 Å². The molecule has 0 fully saturated rings. The Labute approximate surface area is 187 Å². The quantitative estimate of drug-likeness (QED) is 0.351. The molecule has 1 heterocycles. The van der Waals surface area contributed by atoms with Gasteiger partial charge in [-0.2, -0.15) is 18.2 Å². The third-order valence-electron chi connectivity index (χ3n) is 4.31. The van der Waals surface area contributed by atoms with Crippen LogP contribution in [0, 0.1) is 20.8 Å². The number of ether oxygens (including phenoxy) is 2. The molecule has 0 aliphatic rings. The maximum atomic E-state index is 12.7. The third-order valence-corrected chi connectivity index (χ3v) is 4.87. The van der Waals surface area contributed by atoms with Gasteiger partial charge in [0.1, 0.15) is 5.75 Å². The highest BCUT2D eigenvalue weighted by molar-refractivity contribution is 6.37. The van der Waals surface area contributed by atoms with Gasteiger partial charge in [-0.25, -0.2) is 0 Å². The second-order valence-electron chi connectivity index (χ2n) is 6.97. The Balaban J connectivity index is 1.60. The first-order chi connectivity index (χ1) is 14.6. The van der Waals surface area contributed by atoms with Crippen molar-refractivity contribution in [3.8, 4) is 22.9 Å². The maximum Gasteiger partial charge on any atom is 0.471 e. The summed E-state index contributed by atoms with van der Waals surface area (Å²) in [7, 11) is 0. The van der Waals surface area contributed by atoms with E-state index in [2.05, 4.69) is 14.7 Å². The highest BCUT2D eigenvalue weighted by atomic mass is 35.5. The van der Waals surface area contributed by atoms with Crippen LogP contribution in [0.25, 0.3) is 11.4 Å². The Bertz CT molecular complexity index is 1040. The fraction of sp³-hybridized carbons (Fsp3) is 0.333. The van der Waals surface area contributed by atoms with Crippen LogP contribution in [0.3, 0.4) is 0 Å². The molecule has 0 atom stereocenters. The van der Waals surface area contributed by atoms with Gasteiger partial charge < -0.3 is 14.0 Å². The molecule has 3 rings (SSSR count). The molecule has 166 valence electrons. The van der Waals surface area contributed by atoms with Crippen molar-refractivity contribution >= 4 is 23.2 Å². The monoisotopic (exact) mass is 474 g/mol. The van der Waals surface area contributed by atoms with Crippen LogP contribution in [0.4, 0.5) is 13.2 Å². The second kappa shape index (κ2) is 9.36. The smallest absolute Gasteiger partial charge is 0.471 e. The number of aryl methyl sites for hydroxylation is 3. The fourth-order valence-electron chi connectivity index (χ4n) is 2.99. The standard InChI is InChI=1S/C21H19Cl2F3N2O3/c1-11-7-15(22)18(16(23)8-11)30-6-4-5-29-17-12(2)9-14(10-13(17)3)19-27-20(31-28-19)21(24,25)26/h7-10H,4-6H2,1-3H3. The van der Waals surface area contributed by atoms with E-state index in [-0.39, 0.29) is 5.82 Å². The van der Waals surface area contributed by atoms with Gasteiger partial charge in [0.15, 0.2) is 5.75 Å². The highest BCUT2D eigenvalue weighted by Gasteiger charge is 2.38. The van der Waals surface area contributed by atoms with E-state index in [0.29, 0.717) is 46.7 Å². The summed E-state index contributed by atoms with van der Waals surface area (Å²) >= 11 is 12.3. The summed E-state index contributed by atoms with van der Waals surface area (Å²) in [5, 5.41) is 4.31. The number of nitrogens with zero attached hydrogens (tertiary/aromatic N) is 2. The molecule has 0 amide bonds. The van der Waals surface area contributed by atoms with E-state index in [4.69, 9.17) is 32.7 Å². The molecule has 0 N–H and O–H groups in total. The molecule has 0 saturated carbocycles. The Morgan fingerprint density at radius 1 is 0.903 bits per heavy atom. The highest BCUT2D eigenvalue weighted by Crippen LogP contribution is 2.34. The zero-order chi connectivity index (χ0) is 22.8. The third kappa shape index (κ3) is 5.62. The van der Waals surface area contributed by atoms with Crippen LogP contribution >= 0.6 is 23.2 Å². The zero-order valence-electron chi connectivity index (χ0n) is 16.9. The molecular formula is C21H19Cl2F3N2O3. The molecule has 0 spiro atoms. The molecule has 0 aliphatic carbocycles. The summed E-state index contributed by atoms with van der Waals surface area (Å²) in [5.74, 6) is -0.448. The molecule has 2 aromatic carbocycles. The summed E-state index contributed by atoms with van der Waals surface area (Å²) in [6.07, 6.45) is -4.12. The lowest BCUT2D eigenvalue weighted by molar-refractivity contribution is -0.159.